The molecule has 0 atom stereocenters. The summed E-state index contributed by atoms with van der Waals surface area (Å²) in [5.74, 6) is 0.888. The van der Waals surface area contributed by atoms with Crippen LogP contribution in [0.5, 0.6) is 0 Å². The normalized spacial score (nSPS) is 14.1. The van der Waals surface area contributed by atoms with E-state index in [2.05, 4.69) is 20.2 Å². The molecule has 27 heavy (non-hydrogen) atoms. The third-order valence-electron chi connectivity index (χ3n) is 4.59. The van der Waals surface area contributed by atoms with Crippen molar-refractivity contribution in [2.45, 2.75) is 0 Å². The lowest BCUT2D eigenvalue weighted by molar-refractivity contribution is 0.585. The number of nitrogens with zero attached hydrogens (tertiary/aromatic N) is 4. The molecule has 3 aromatic rings. The van der Waals surface area contributed by atoms with E-state index in [1.54, 1.807) is 18.6 Å². The van der Waals surface area contributed by atoms with Gasteiger partial charge in [-0.05, 0) is 30.3 Å². The molecule has 0 bridgehead atoms. The second-order valence-electron chi connectivity index (χ2n) is 6.39. The number of nitrogens with one attached hydrogen (secondary N) is 2. The molecule has 7 nitrogen and oxygen atoms in total. The summed E-state index contributed by atoms with van der Waals surface area (Å²) in [5.41, 5.74) is 9.70. The number of pyridine rings is 3. The molecular formula is C20H21N7. The van der Waals surface area contributed by atoms with Crippen LogP contribution < -0.4 is 16.0 Å². The summed E-state index contributed by atoms with van der Waals surface area (Å²) >= 11 is 0. The molecule has 3 aromatic heterocycles. The zero-order chi connectivity index (χ0) is 18.6. The molecule has 1 fully saturated rings. The maximum atomic E-state index is 8.66. The van der Waals surface area contributed by atoms with E-state index in [0.29, 0.717) is 16.9 Å². The van der Waals surface area contributed by atoms with Crippen LogP contribution in [-0.2, 0) is 0 Å². The van der Waals surface area contributed by atoms with Crippen molar-refractivity contribution >= 4 is 17.2 Å². The SMILES string of the molecule is N=C(c1cccc(N2CCNCC2)n1)c1cc(-c2cccnc2)ncc1N. The Kier molecular flexibility index (Phi) is 4.76. The molecule has 0 radical (unpaired) electrons. The van der Waals surface area contributed by atoms with Gasteiger partial charge in [-0.2, -0.15) is 0 Å². The summed E-state index contributed by atoms with van der Waals surface area (Å²) in [4.78, 5) is 15.4. The summed E-state index contributed by atoms with van der Waals surface area (Å²) < 4.78 is 0. The molecule has 4 rings (SSSR count). The molecule has 1 saturated heterocycles. The average molecular weight is 359 g/mol. The van der Waals surface area contributed by atoms with Gasteiger partial charge >= 0.3 is 0 Å². The number of hydrogen-bond donors (Lipinski definition) is 3. The third kappa shape index (κ3) is 3.63. The van der Waals surface area contributed by atoms with Crippen molar-refractivity contribution in [3.8, 4) is 11.3 Å². The fourth-order valence-corrected chi connectivity index (χ4v) is 3.13. The van der Waals surface area contributed by atoms with Crippen molar-refractivity contribution in [2.24, 2.45) is 0 Å². The number of piperazine rings is 1. The maximum Gasteiger partial charge on any atom is 0.129 e. The van der Waals surface area contributed by atoms with Crippen molar-refractivity contribution in [3.63, 3.8) is 0 Å². The summed E-state index contributed by atoms with van der Waals surface area (Å²) in [6.07, 6.45) is 5.05. The van der Waals surface area contributed by atoms with Gasteiger partial charge in [0.05, 0.1) is 29.0 Å². The van der Waals surface area contributed by atoms with Crippen LogP contribution >= 0.6 is 0 Å². The van der Waals surface area contributed by atoms with Gasteiger partial charge in [0.25, 0.3) is 0 Å². The second-order valence-corrected chi connectivity index (χ2v) is 6.39. The minimum atomic E-state index is 0.289. The molecule has 136 valence electrons. The third-order valence-corrected chi connectivity index (χ3v) is 4.59. The van der Waals surface area contributed by atoms with E-state index in [4.69, 9.17) is 16.1 Å². The zero-order valence-electron chi connectivity index (χ0n) is 14.9. The highest BCUT2D eigenvalue weighted by atomic mass is 15.2. The van der Waals surface area contributed by atoms with E-state index in [0.717, 1.165) is 43.3 Å². The number of rotatable bonds is 4. The number of nitrogen functional groups attached to an aromatic ring is 1. The molecule has 0 unspecified atom stereocenters. The van der Waals surface area contributed by atoms with Gasteiger partial charge in [-0.15, -0.1) is 0 Å². The Morgan fingerprint density at radius 2 is 1.96 bits per heavy atom. The topological polar surface area (TPSA) is 104 Å². The van der Waals surface area contributed by atoms with Gasteiger partial charge in [-0.1, -0.05) is 6.07 Å². The minimum Gasteiger partial charge on any atom is -0.397 e. The molecule has 0 saturated carbocycles. The number of anilines is 2. The van der Waals surface area contributed by atoms with Gasteiger partial charge in [-0.3, -0.25) is 15.4 Å². The first-order valence-electron chi connectivity index (χ1n) is 8.90. The van der Waals surface area contributed by atoms with E-state index in [1.165, 1.54) is 0 Å². The predicted molar refractivity (Wildman–Crippen MR) is 107 cm³/mol. The standard InChI is InChI=1S/C20H21N7/c21-16-13-25-18(14-3-2-6-24-12-14)11-15(16)20(22)17-4-1-5-19(26-17)27-9-7-23-8-10-27/h1-6,11-13,22-23H,7-10,21H2. The Morgan fingerprint density at radius 1 is 1.11 bits per heavy atom. The van der Waals surface area contributed by atoms with Gasteiger partial charge in [0.15, 0.2) is 0 Å². The molecule has 0 spiro atoms. The summed E-state index contributed by atoms with van der Waals surface area (Å²) in [6, 6.07) is 11.4. The quantitative estimate of drug-likeness (QED) is 0.615. The number of aromatic nitrogens is 3. The number of nitrogens with two attached hydrogens (primary N) is 1. The Labute approximate surface area is 157 Å². The Balaban J connectivity index is 1.66. The van der Waals surface area contributed by atoms with Gasteiger partial charge in [0, 0.05) is 49.7 Å². The number of hydrogen-bond acceptors (Lipinski definition) is 7. The maximum absolute atomic E-state index is 8.66. The largest absolute Gasteiger partial charge is 0.397 e. The van der Waals surface area contributed by atoms with Crippen LogP contribution in [0.1, 0.15) is 11.3 Å². The molecular weight excluding hydrogens is 338 g/mol. The summed E-state index contributed by atoms with van der Waals surface area (Å²) in [6.45, 7) is 3.70. The smallest absolute Gasteiger partial charge is 0.129 e. The van der Waals surface area contributed by atoms with E-state index in [9.17, 15) is 0 Å². The lowest BCUT2D eigenvalue weighted by atomic mass is 10.0. The second kappa shape index (κ2) is 7.51. The Hall–Kier alpha value is -3.32. The van der Waals surface area contributed by atoms with Gasteiger partial charge < -0.3 is 16.0 Å². The van der Waals surface area contributed by atoms with Crippen molar-refractivity contribution in [3.05, 3.63) is 66.2 Å². The first kappa shape index (κ1) is 17.1. The molecule has 7 heteroatoms. The average Bonchev–Trinajstić information content (AvgIpc) is 2.75. The minimum absolute atomic E-state index is 0.289. The monoisotopic (exact) mass is 359 g/mol. The molecule has 4 N–H and O–H groups in total. The molecule has 0 aromatic carbocycles. The Morgan fingerprint density at radius 3 is 2.74 bits per heavy atom. The van der Waals surface area contributed by atoms with Crippen LogP contribution in [0.15, 0.2) is 55.0 Å². The van der Waals surface area contributed by atoms with E-state index < -0.39 is 0 Å². The first-order chi connectivity index (χ1) is 13.2. The van der Waals surface area contributed by atoms with E-state index in [-0.39, 0.29) is 5.71 Å². The Bertz CT molecular complexity index is 950. The van der Waals surface area contributed by atoms with Crippen molar-refractivity contribution in [1.82, 2.24) is 20.3 Å². The predicted octanol–water partition coefficient (Wildman–Crippen LogP) is 1.95. The molecule has 0 amide bonds. The molecule has 4 heterocycles. The highest BCUT2D eigenvalue weighted by molar-refractivity contribution is 6.13. The van der Waals surface area contributed by atoms with Crippen molar-refractivity contribution in [2.75, 3.05) is 36.8 Å². The van der Waals surface area contributed by atoms with Crippen LogP contribution in [0.4, 0.5) is 11.5 Å². The van der Waals surface area contributed by atoms with Crippen LogP contribution in [0.25, 0.3) is 11.3 Å². The first-order valence-corrected chi connectivity index (χ1v) is 8.90. The molecule has 0 aliphatic carbocycles. The van der Waals surface area contributed by atoms with Crippen LogP contribution in [-0.4, -0.2) is 46.8 Å². The fraction of sp³-hybridized carbons (Fsp3) is 0.200. The summed E-state index contributed by atoms with van der Waals surface area (Å²) in [7, 11) is 0. The van der Waals surface area contributed by atoms with Gasteiger partial charge in [-0.25, -0.2) is 4.98 Å². The summed E-state index contributed by atoms with van der Waals surface area (Å²) in [5, 5.41) is 12.0. The highest BCUT2D eigenvalue weighted by Gasteiger charge is 2.16. The van der Waals surface area contributed by atoms with Gasteiger partial charge in [0.2, 0.25) is 0 Å². The van der Waals surface area contributed by atoms with Crippen LogP contribution in [0, 0.1) is 5.41 Å². The van der Waals surface area contributed by atoms with E-state index >= 15 is 0 Å². The van der Waals surface area contributed by atoms with Crippen LogP contribution in [0.3, 0.4) is 0 Å². The molecule has 1 aliphatic rings. The van der Waals surface area contributed by atoms with Crippen molar-refractivity contribution in [1.29, 1.82) is 5.41 Å². The zero-order valence-corrected chi connectivity index (χ0v) is 14.9. The fourth-order valence-electron chi connectivity index (χ4n) is 3.13. The lowest BCUT2D eigenvalue weighted by Crippen LogP contribution is -2.44. The van der Waals surface area contributed by atoms with Gasteiger partial charge in [0.1, 0.15) is 5.82 Å². The lowest BCUT2D eigenvalue weighted by Gasteiger charge is -2.28. The van der Waals surface area contributed by atoms with Crippen LogP contribution in [0.2, 0.25) is 0 Å². The van der Waals surface area contributed by atoms with E-state index in [1.807, 2.05) is 36.4 Å². The molecule has 1 aliphatic heterocycles. The highest BCUT2D eigenvalue weighted by Crippen LogP contribution is 2.23. The van der Waals surface area contributed by atoms with Crippen molar-refractivity contribution < 1.29 is 0 Å².